The second-order valence-corrected chi connectivity index (χ2v) is 4.02. The molecule has 0 saturated heterocycles. The van der Waals surface area contributed by atoms with Crippen LogP contribution in [-0.2, 0) is 0 Å². The molecule has 1 aromatic heterocycles. The molecular formula is C15H13N3O2. The summed E-state index contributed by atoms with van der Waals surface area (Å²) in [4.78, 5) is 16.1. The summed E-state index contributed by atoms with van der Waals surface area (Å²) in [5.74, 6) is 0.103. The first-order valence-corrected chi connectivity index (χ1v) is 5.99. The summed E-state index contributed by atoms with van der Waals surface area (Å²) in [6, 6.07) is 11.6. The van der Waals surface area contributed by atoms with E-state index in [2.05, 4.69) is 10.3 Å². The normalized spacial score (nSPS) is 11.2. The van der Waals surface area contributed by atoms with Crippen LogP contribution in [0.25, 0.3) is 0 Å². The van der Waals surface area contributed by atoms with Crippen molar-refractivity contribution in [1.29, 1.82) is 5.26 Å². The predicted molar refractivity (Wildman–Crippen MR) is 73.1 cm³/mol. The van der Waals surface area contributed by atoms with Crippen molar-refractivity contribution in [3.63, 3.8) is 0 Å². The summed E-state index contributed by atoms with van der Waals surface area (Å²) in [6.07, 6.45) is 3.16. The van der Waals surface area contributed by atoms with Gasteiger partial charge >= 0.3 is 0 Å². The van der Waals surface area contributed by atoms with Gasteiger partial charge in [-0.25, -0.2) is 0 Å². The Labute approximate surface area is 116 Å². The third-order valence-corrected chi connectivity index (χ3v) is 2.77. The van der Waals surface area contributed by atoms with Gasteiger partial charge in [0, 0.05) is 18.0 Å². The van der Waals surface area contributed by atoms with Gasteiger partial charge in [0.15, 0.2) is 0 Å². The van der Waals surface area contributed by atoms with Gasteiger partial charge in [0.2, 0.25) is 0 Å². The Morgan fingerprint density at radius 2 is 2.15 bits per heavy atom. The molecule has 1 atom stereocenters. The quantitative estimate of drug-likeness (QED) is 0.920. The van der Waals surface area contributed by atoms with E-state index in [0.29, 0.717) is 16.9 Å². The standard InChI is InChI=1S/C15H13N3O2/c1-20-14-7-3-2-6-12(14)15(19)18-13(9-16)11-5-4-8-17-10-11/h2-8,10,13H,1H3,(H,18,19). The van der Waals surface area contributed by atoms with E-state index in [0.717, 1.165) is 0 Å². The highest BCUT2D eigenvalue weighted by Crippen LogP contribution is 2.18. The smallest absolute Gasteiger partial charge is 0.256 e. The molecule has 2 rings (SSSR count). The van der Waals surface area contributed by atoms with Crippen molar-refractivity contribution in [2.45, 2.75) is 6.04 Å². The van der Waals surface area contributed by atoms with Crippen LogP contribution in [0.15, 0.2) is 48.8 Å². The van der Waals surface area contributed by atoms with Crippen LogP contribution in [0.2, 0.25) is 0 Å². The largest absolute Gasteiger partial charge is 0.496 e. The molecule has 5 heteroatoms. The van der Waals surface area contributed by atoms with E-state index in [1.165, 1.54) is 7.11 Å². The third-order valence-electron chi connectivity index (χ3n) is 2.77. The van der Waals surface area contributed by atoms with Crippen LogP contribution in [0.4, 0.5) is 0 Å². The Morgan fingerprint density at radius 3 is 2.80 bits per heavy atom. The number of nitrogens with one attached hydrogen (secondary N) is 1. The molecule has 2 aromatic rings. The number of carbonyl (C=O) groups excluding carboxylic acids is 1. The first-order valence-electron chi connectivity index (χ1n) is 5.99. The number of nitrogens with zero attached hydrogens (tertiary/aromatic N) is 2. The summed E-state index contributed by atoms with van der Waals surface area (Å²) >= 11 is 0. The van der Waals surface area contributed by atoms with Crippen LogP contribution >= 0.6 is 0 Å². The zero-order chi connectivity index (χ0) is 14.4. The van der Waals surface area contributed by atoms with Crippen molar-refractivity contribution in [1.82, 2.24) is 10.3 Å². The fraction of sp³-hybridized carbons (Fsp3) is 0.133. The van der Waals surface area contributed by atoms with E-state index in [1.807, 2.05) is 6.07 Å². The number of nitriles is 1. The first kappa shape index (κ1) is 13.6. The lowest BCUT2D eigenvalue weighted by atomic mass is 10.1. The lowest BCUT2D eigenvalue weighted by molar-refractivity contribution is 0.0942. The Kier molecular flexibility index (Phi) is 4.30. The van der Waals surface area contributed by atoms with Gasteiger partial charge in [-0.1, -0.05) is 18.2 Å². The van der Waals surface area contributed by atoms with Crippen molar-refractivity contribution in [2.75, 3.05) is 7.11 Å². The van der Waals surface area contributed by atoms with Crippen molar-refractivity contribution < 1.29 is 9.53 Å². The number of pyridine rings is 1. The predicted octanol–water partition coefficient (Wildman–Crippen LogP) is 2.08. The molecule has 0 aliphatic carbocycles. The number of hydrogen-bond acceptors (Lipinski definition) is 4. The van der Waals surface area contributed by atoms with Crippen LogP contribution < -0.4 is 10.1 Å². The number of hydrogen-bond donors (Lipinski definition) is 1. The Hall–Kier alpha value is -2.87. The molecule has 1 unspecified atom stereocenters. The lowest BCUT2D eigenvalue weighted by Crippen LogP contribution is -2.28. The molecule has 100 valence electrons. The molecule has 0 aliphatic heterocycles. The maximum absolute atomic E-state index is 12.2. The third kappa shape index (κ3) is 2.93. The minimum atomic E-state index is -0.749. The average molecular weight is 267 g/mol. The molecule has 0 saturated carbocycles. The highest BCUT2D eigenvalue weighted by molar-refractivity contribution is 5.97. The maximum atomic E-state index is 12.2. The fourth-order valence-corrected chi connectivity index (χ4v) is 1.78. The van der Waals surface area contributed by atoms with Gasteiger partial charge in [0.25, 0.3) is 5.91 Å². The average Bonchev–Trinajstić information content (AvgIpc) is 2.53. The Balaban J connectivity index is 2.20. The summed E-state index contributed by atoms with van der Waals surface area (Å²) in [7, 11) is 1.50. The van der Waals surface area contributed by atoms with E-state index >= 15 is 0 Å². The number of carbonyl (C=O) groups is 1. The molecule has 20 heavy (non-hydrogen) atoms. The van der Waals surface area contributed by atoms with Gasteiger partial charge in [0.05, 0.1) is 18.7 Å². The van der Waals surface area contributed by atoms with Gasteiger partial charge in [-0.3, -0.25) is 9.78 Å². The Morgan fingerprint density at radius 1 is 1.35 bits per heavy atom. The maximum Gasteiger partial charge on any atom is 0.256 e. The Bertz CT molecular complexity index is 635. The number of benzene rings is 1. The van der Waals surface area contributed by atoms with Crippen molar-refractivity contribution in [3.8, 4) is 11.8 Å². The monoisotopic (exact) mass is 267 g/mol. The number of rotatable bonds is 4. The molecule has 0 aliphatic rings. The van der Waals surface area contributed by atoms with Crippen LogP contribution in [0, 0.1) is 11.3 Å². The number of methoxy groups -OCH3 is 1. The van der Waals surface area contributed by atoms with Gasteiger partial charge in [0.1, 0.15) is 11.8 Å². The van der Waals surface area contributed by atoms with Crippen LogP contribution in [0.1, 0.15) is 22.0 Å². The highest BCUT2D eigenvalue weighted by atomic mass is 16.5. The zero-order valence-corrected chi connectivity index (χ0v) is 10.9. The van der Waals surface area contributed by atoms with Gasteiger partial charge < -0.3 is 10.1 Å². The molecule has 0 bridgehead atoms. The van der Waals surface area contributed by atoms with E-state index in [1.54, 1.807) is 48.8 Å². The molecule has 5 nitrogen and oxygen atoms in total. The minimum Gasteiger partial charge on any atom is -0.496 e. The van der Waals surface area contributed by atoms with Crippen LogP contribution in [0.5, 0.6) is 5.75 Å². The summed E-state index contributed by atoms with van der Waals surface area (Å²) in [5.41, 5.74) is 1.03. The highest BCUT2D eigenvalue weighted by Gasteiger charge is 2.17. The number of ether oxygens (including phenoxy) is 1. The SMILES string of the molecule is COc1ccccc1C(=O)NC(C#N)c1cccnc1. The van der Waals surface area contributed by atoms with Crippen LogP contribution in [0.3, 0.4) is 0 Å². The molecule has 0 spiro atoms. The zero-order valence-electron chi connectivity index (χ0n) is 10.9. The molecule has 0 radical (unpaired) electrons. The van der Waals surface area contributed by atoms with Gasteiger partial charge in [-0.2, -0.15) is 5.26 Å². The summed E-state index contributed by atoms with van der Waals surface area (Å²) in [6.45, 7) is 0. The second-order valence-electron chi connectivity index (χ2n) is 4.02. The van der Waals surface area contributed by atoms with E-state index < -0.39 is 6.04 Å². The van der Waals surface area contributed by atoms with Crippen molar-refractivity contribution in [3.05, 3.63) is 59.9 Å². The topological polar surface area (TPSA) is 75.0 Å². The molecule has 1 heterocycles. The minimum absolute atomic E-state index is 0.363. The van der Waals surface area contributed by atoms with E-state index in [4.69, 9.17) is 4.74 Å². The second kappa shape index (κ2) is 6.34. The van der Waals surface area contributed by atoms with Gasteiger partial charge in [-0.05, 0) is 18.2 Å². The number of aromatic nitrogens is 1. The van der Waals surface area contributed by atoms with E-state index in [-0.39, 0.29) is 5.91 Å². The first-order chi connectivity index (χ1) is 9.76. The summed E-state index contributed by atoms with van der Waals surface area (Å²) < 4.78 is 5.13. The van der Waals surface area contributed by atoms with Crippen LogP contribution in [-0.4, -0.2) is 18.0 Å². The molecule has 1 N–H and O–H groups in total. The lowest BCUT2D eigenvalue weighted by Gasteiger charge is -2.13. The van der Waals surface area contributed by atoms with Crippen molar-refractivity contribution in [2.24, 2.45) is 0 Å². The van der Waals surface area contributed by atoms with E-state index in [9.17, 15) is 10.1 Å². The molecule has 1 aromatic carbocycles. The number of amides is 1. The number of para-hydroxylation sites is 1. The molecule has 0 fully saturated rings. The molecular weight excluding hydrogens is 254 g/mol. The van der Waals surface area contributed by atoms with Crippen molar-refractivity contribution >= 4 is 5.91 Å². The fourth-order valence-electron chi connectivity index (χ4n) is 1.78. The molecule has 1 amide bonds. The van der Waals surface area contributed by atoms with Gasteiger partial charge in [-0.15, -0.1) is 0 Å². The summed E-state index contributed by atoms with van der Waals surface area (Å²) in [5, 5.41) is 11.8.